The molecule has 0 aliphatic rings. The van der Waals surface area contributed by atoms with Gasteiger partial charge in [-0.3, -0.25) is 9.97 Å². The van der Waals surface area contributed by atoms with Gasteiger partial charge in [-0.25, -0.2) is 0 Å². The minimum atomic E-state index is -1.08. The van der Waals surface area contributed by atoms with E-state index in [1.54, 1.807) is 24.5 Å². The van der Waals surface area contributed by atoms with Crippen LogP contribution in [0.15, 0.2) is 73.1 Å². The number of para-hydroxylation sites is 2. The number of aliphatic carboxylic acids is 3. The number of hydrogen-bond acceptors (Lipinski definition) is 12. The maximum absolute atomic E-state index is 10.3. The van der Waals surface area contributed by atoms with Gasteiger partial charge in [-0.15, -0.1) is 0 Å². The molecule has 4 rings (SSSR count). The molecule has 2 aromatic heterocycles. The number of ether oxygens (including phenoxy) is 2. The molecule has 0 saturated heterocycles. The van der Waals surface area contributed by atoms with E-state index in [2.05, 4.69) is 9.97 Å². The molecule has 4 aromatic rings. The van der Waals surface area contributed by atoms with Gasteiger partial charge in [0.15, 0.2) is 23.0 Å². The first-order valence-electron chi connectivity index (χ1n) is 12.0. The number of pyridine rings is 2. The van der Waals surface area contributed by atoms with Crippen LogP contribution in [0.25, 0.3) is 33.6 Å². The van der Waals surface area contributed by atoms with Crippen molar-refractivity contribution in [1.82, 2.24) is 9.97 Å². The third kappa shape index (κ3) is 12.9. The van der Waals surface area contributed by atoms with Crippen LogP contribution >= 0.6 is 0 Å². The molecule has 13 heteroatoms. The van der Waals surface area contributed by atoms with Crippen LogP contribution in [0.5, 0.6) is 23.0 Å². The van der Waals surface area contributed by atoms with E-state index in [0.29, 0.717) is 34.0 Å². The summed E-state index contributed by atoms with van der Waals surface area (Å²) in [5, 5.41) is 47.3. The summed E-state index contributed by atoms with van der Waals surface area (Å²) in [6.07, 6.45) is 3.38. The molecule has 0 unspecified atom stereocenters. The van der Waals surface area contributed by atoms with Crippen molar-refractivity contribution in [1.29, 1.82) is 0 Å². The van der Waals surface area contributed by atoms with Crippen molar-refractivity contribution in [3.8, 4) is 56.6 Å². The Morgan fingerprint density at radius 1 is 0.605 bits per heavy atom. The number of aromatic nitrogens is 2. The summed E-state index contributed by atoms with van der Waals surface area (Å²) in [4.78, 5) is 35.6. The molecule has 2 N–H and O–H groups in total. The smallest absolute Gasteiger partial charge is 0.550 e. The molecule has 0 atom stereocenters. The van der Waals surface area contributed by atoms with Crippen LogP contribution in [0.4, 0.5) is 0 Å². The Kier molecular flexibility index (Phi) is 16.8. The third-order valence-corrected chi connectivity index (χ3v) is 4.85. The molecule has 43 heavy (non-hydrogen) atoms. The van der Waals surface area contributed by atoms with Gasteiger partial charge in [-0.2, -0.15) is 0 Å². The van der Waals surface area contributed by atoms with E-state index < -0.39 is 17.9 Å². The van der Waals surface area contributed by atoms with Crippen LogP contribution in [-0.2, 0) is 31.5 Å². The Hall–Kier alpha value is -5.13. The first kappa shape index (κ1) is 37.9. The van der Waals surface area contributed by atoms with E-state index in [9.17, 15) is 10.2 Å². The van der Waals surface area contributed by atoms with Crippen LogP contribution in [-0.4, -0.2) is 52.3 Å². The minimum absolute atomic E-state index is 0. The van der Waals surface area contributed by atoms with Crippen molar-refractivity contribution >= 4 is 17.9 Å². The Balaban J connectivity index is 0.00000116. The third-order valence-electron chi connectivity index (χ3n) is 4.85. The van der Waals surface area contributed by atoms with Gasteiger partial charge in [0.1, 0.15) is 0 Å². The number of nitrogens with zero attached hydrogens (tertiary/aromatic N) is 2. The van der Waals surface area contributed by atoms with Crippen LogP contribution in [0, 0.1) is 0 Å². The van der Waals surface area contributed by atoms with Gasteiger partial charge in [0.05, 0.1) is 25.6 Å². The Morgan fingerprint density at radius 3 is 1.14 bits per heavy atom. The van der Waals surface area contributed by atoms with Gasteiger partial charge in [-0.05, 0) is 45.0 Å². The molecule has 0 amide bonds. The summed E-state index contributed by atoms with van der Waals surface area (Å²) in [6, 6.07) is 18.1. The van der Waals surface area contributed by atoms with Crippen LogP contribution in [0.1, 0.15) is 20.8 Å². The number of benzene rings is 2. The van der Waals surface area contributed by atoms with Crippen LogP contribution in [0.3, 0.4) is 0 Å². The van der Waals surface area contributed by atoms with Crippen molar-refractivity contribution < 1.29 is 66.5 Å². The van der Waals surface area contributed by atoms with E-state index in [-0.39, 0.29) is 28.6 Å². The molecule has 12 nitrogen and oxygen atoms in total. The van der Waals surface area contributed by atoms with E-state index in [0.717, 1.165) is 31.9 Å². The zero-order valence-corrected chi connectivity index (χ0v) is 25.0. The molecule has 226 valence electrons. The fraction of sp³-hybridized carbons (Fsp3) is 0.167. The molecule has 0 fully saturated rings. The number of carbonyl (C=O) groups excluding carboxylic acids is 3. The molecule has 2 heterocycles. The topological polar surface area (TPSA) is 205 Å². The van der Waals surface area contributed by atoms with Crippen molar-refractivity contribution in [3.05, 3.63) is 73.1 Å². The Morgan fingerprint density at radius 2 is 0.907 bits per heavy atom. The molecular formula is C30H29MnN2O10. The van der Waals surface area contributed by atoms with Crippen LogP contribution in [0.2, 0.25) is 0 Å². The standard InChI is InChI=1S/C24H20N2O4.3C2H4O2.Mn/c1-29-21-7-3-5-17(23(21)27)15-9-11-19(25-13-15)20-12-10-16(14-26-20)18-6-4-8-22(30-2)24(18)28;3*1-2(3)4;/h3-14,27-28H,1-2H3;3*1H3,(H,3,4);/q;;;;+3/p-3. The van der Waals surface area contributed by atoms with E-state index in [1.807, 2.05) is 48.5 Å². The Labute approximate surface area is 258 Å². The number of carbonyl (C=O) groups is 3. The number of phenols is 2. The maximum atomic E-state index is 10.3. The first-order chi connectivity index (χ1) is 19.8. The van der Waals surface area contributed by atoms with Crippen molar-refractivity contribution in [2.75, 3.05) is 14.2 Å². The van der Waals surface area contributed by atoms with Crippen molar-refractivity contribution in [2.45, 2.75) is 20.8 Å². The average Bonchev–Trinajstić information content (AvgIpc) is 2.93. The van der Waals surface area contributed by atoms with Gasteiger partial charge >= 0.3 is 17.1 Å². The van der Waals surface area contributed by atoms with Gasteiger partial charge in [0.25, 0.3) is 0 Å². The van der Waals surface area contributed by atoms with Crippen molar-refractivity contribution in [3.63, 3.8) is 0 Å². The molecular weight excluding hydrogens is 603 g/mol. The summed E-state index contributed by atoms with van der Waals surface area (Å²) in [5.41, 5.74) is 4.22. The summed E-state index contributed by atoms with van der Waals surface area (Å²) in [7, 11) is 3.03. The second kappa shape index (κ2) is 19.1. The summed E-state index contributed by atoms with van der Waals surface area (Å²) in [6.45, 7) is 2.92. The molecule has 0 saturated carbocycles. The molecule has 2 aromatic carbocycles. The largest absolute Gasteiger partial charge is 3.00 e. The van der Waals surface area contributed by atoms with Crippen molar-refractivity contribution in [2.24, 2.45) is 0 Å². The zero-order chi connectivity index (χ0) is 31.8. The second-order valence-electron chi connectivity index (χ2n) is 8.05. The predicted octanol–water partition coefficient (Wildman–Crippen LogP) is 1.17. The minimum Gasteiger partial charge on any atom is -0.550 e. The summed E-state index contributed by atoms with van der Waals surface area (Å²) >= 11 is 0. The number of carboxylic acids is 3. The summed E-state index contributed by atoms with van der Waals surface area (Å²) in [5.74, 6) is -2.27. The van der Waals surface area contributed by atoms with Gasteiger partial charge in [0.2, 0.25) is 0 Å². The quantitative estimate of drug-likeness (QED) is 0.298. The number of carboxylic acid groups (broad SMARTS) is 3. The summed E-state index contributed by atoms with van der Waals surface area (Å²) < 4.78 is 10.3. The number of methoxy groups -OCH3 is 2. The number of rotatable bonds is 5. The number of phenolic OH excluding ortho intramolecular Hbond substituents is 2. The van der Waals surface area contributed by atoms with Crippen LogP contribution < -0.4 is 24.8 Å². The van der Waals surface area contributed by atoms with E-state index in [1.165, 1.54) is 14.2 Å². The molecule has 0 spiro atoms. The number of hydrogen-bond donors (Lipinski definition) is 2. The zero-order valence-electron chi connectivity index (χ0n) is 23.9. The van der Waals surface area contributed by atoms with Gasteiger partial charge in [-0.1, -0.05) is 36.4 Å². The Bertz CT molecular complexity index is 1340. The fourth-order valence-corrected chi connectivity index (χ4v) is 3.25. The number of aromatic hydroxyl groups is 2. The maximum Gasteiger partial charge on any atom is 3.00 e. The second-order valence-corrected chi connectivity index (χ2v) is 8.05. The first-order valence-corrected chi connectivity index (χ1v) is 12.0. The van der Waals surface area contributed by atoms with E-state index >= 15 is 0 Å². The molecule has 0 radical (unpaired) electrons. The fourth-order valence-electron chi connectivity index (χ4n) is 3.25. The monoisotopic (exact) mass is 632 g/mol. The molecule has 0 bridgehead atoms. The average molecular weight is 633 g/mol. The van der Waals surface area contributed by atoms with E-state index in [4.69, 9.17) is 39.2 Å². The predicted molar refractivity (Wildman–Crippen MR) is 147 cm³/mol. The SMILES string of the molecule is CC(=O)[O-].CC(=O)[O-].CC(=O)[O-].COc1cccc(-c2ccc(-c3ccc(-c4cccc(OC)c4O)cn3)nc2)c1O.[Mn+3]. The van der Waals surface area contributed by atoms with Gasteiger partial charge in [0, 0.05) is 52.6 Å². The molecule has 0 aliphatic carbocycles. The normalized spacial score (nSPS) is 9.14. The van der Waals surface area contributed by atoms with Gasteiger partial charge < -0.3 is 49.4 Å². The molecule has 0 aliphatic heterocycles.